The minimum Gasteiger partial charge on any atom is -0.310 e. The summed E-state index contributed by atoms with van der Waals surface area (Å²) in [5, 5.41) is 3.41. The maximum absolute atomic E-state index is 11.9. The molecule has 4 aliphatic rings. The predicted molar refractivity (Wildman–Crippen MR) is 77.8 cm³/mol. The average Bonchev–Trinajstić information content (AvgIpc) is 2.25. The smallest absolute Gasteiger partial charge is 0.153 e. The van der Waals surface area contributed by atoms with Crippen LogP contribution in [0.3, 0.4) is 0 Å². The monoisotopic (exact) mass is 285 g/mol. The van der Waals surface area contributed by atoms with Crippen molar-refractivity contribution in [2.24, 2.45) is 17.8 Å². The van der Waals surface area contributed by atoms with Crippen molar-refractivity contribution in [2.75, 3.05) is 12.3 Å². The molecule has 19 heavy (non-hydrogen) atoms. The Labute approximate surface area is 117 Å². The van der Waals surface area contributed by atoms with Gasteiger partial charge < -0.3 is 5.32 Å². The van der Waals surface area contributed by atoms with E-state index in [1.54, 1.807) is 13.8 Å². The summed E-state index contributed by atoms with van der Waals surface area (Å²) in [6.45, 7) is 4.20. The van der Waals surface area contributed by atoms with Gasteiger partial charge in [-0.05, 0) is 70.1 Å². The third kappa shape index (κ3) is 2.71. The van der Waals surface area contributed by atoms with E-state index in [1.165, 1.54) is 38.5 Å². The van der Waals surface area contributed by atoms with Crippen LogP contribution in [-0.2, 0) is 9.84 Å². The van der Waals surface area contributed by atoms with Gasteiger partial charge in [0.25, 0.3) is 0 Å². The van der Waals surface area contributed by atoms with Gasteiger partial charge in [-0.25, -0.2) is 8.42 Å². The Morgan fingerprint density at radius 2 is 1.53 bits per heavy atom. The summed E-state index contributed by atoms with van der Waals surface area (Å²) >= 11 is 0. The third-order valence-corrected chi connectivity index (χ3v) is 7.85. The molecule has 4 aliphatic carbocycles. The number of rotatable bonds is 5. The second kappa shape index (κ2) is 4.73. The van der Waals surface area contributed by atoms with Crippen LogP contribution in [0.1, 0.15) is 52.4 Å². The minimum absolute atomic E-state index is 0.245. The molecule has 0 aliphatic heterocycles. The van der Waals surface area contributed by atoms with Gasteiger partial charge in [0.2, 0.25) is 0 Å². The molecular weight excluding hydrogens is 258 g/mol. The van der Waals surface area contributed by atoms with Gasteiger partial charge in [0.05, 0.1) is 11.0 Å². The van der Waals surface area contributed by atoms with Crippen LogP contribution in [0.25, 0.3) is 0 Å². The van der Waals surface area contributed by atoms with Crippen molar-refractivity contribution in [3.8, 4) is 0 Å². The largest absolute Gasteiger partial charge is 0.310 e. The molecule has 0 spiro atoms. The minimum atomic E-state index is -2.89. The molecule has 0 heterocycles. The predicted octanol–water partition coefficient (Wildman–Crippen LogP) is 2.37. The zero-order valence-corrected chi connectivity index (χ0v) is 13.0. The van der Waals surface area contributed by atoms with Crippen LogP contribution in [0, 0.1) is 17.8 Å². The van der Waals surface area contributed by atoms with E-state index in [4.69, 9.17) is 0 Å². The van der Waals surface area contributed by atoms with Crippen LogP contribution >= 0.6 is 0 Å². The second-order valence-electron chi connectivity index (χ2n) is 7.54. The summed E-state index contributed by atoms with van der Waals surface area (Å²) in [7, 11) is -2.89. The van der Waals surface area contributed by atoms with E-state index in [2.05, 4.69) is 5.32 Å². The highest BCUT2D eigenvalue weighted by atomic mass is 32.2. The van der Waals surface area contributed by atoms with Gasteiger partial charge in [-0.15, -0.1) is 0 Å². The van der Waals surface area contributed by atoms with Crippen molar-refractivity contribution in [2.45, 2.75) is 63.2 Å². The third-order valence-electron chi connectivity index (χ3n) is 5.64. The molecule has 1 N–H and O–H groups in total. The van der Waals surface area contributed by atoms with Gasteiger partial charge in [0, 0.05) is 12.1 Å². The van der Waals surface area contributed by atoms with Crippen molar-refractivity contribution in [1.29, 1.82) is 0 Å². The normalized spacial score (nSPS) is 41.1. The number of hydrogen-bond acceptors (Lipinski definition) is 3. The number of hydrogen-bond donors (Lipinski definition) is 1. The Bertz CT molecular complexity index is 406. The van der Waals surface area contributed by atoms with Crippen LogP contribution in [0.2, 0.25) is 0 Å². The number of nitrogens with one attached hydrogen (secondary N) is 1. The van der Waals surface area contributed by atoms with Gasteiger partial charge in [-0.2, -0.15) is 0 Å². The standard InChI is InChI=1S/C15H27NO2S/c1-11(2)19(17,18)4-3-16-15-8-12-5-13(9-15)7-14(6-12)10-15/h11-14,16H,3-10H2,1-2H3. The van der Waals surface area contributed by atoms with E-state index in [9.17, 15) is 8.42 Å². The fourth-order valence-electron chi connectivity index (χ4n) is 5.02. The Morgan fingerprint density at radius 1 is 1.05 bits per heavy atom. The van der Waals surface area contributed by atoms with Crippen LogP contribution < -0.4 is 5.32 Å². The first kappa shape index (κ1) is 13.9. The fraction of sp³-hybridized carbons (Fsp3) is 1.00. The lowest BCUT2D eigenvalue weighted by atomic mass is 9.53. The highest BCUT2D eigenvalue weighted by Gasteiger charge is 2.50. The fourth-order valence-corrected chi connectivity index (χ4v) is 5.88. The van der Waals surface area contributed by atoms with Gasteiger partial charge in [0.15, 0.2) is 9.84 Å². The van der Waals surface area contributed by atoms with Crippen molar-refractivity contribution in [3.63, 3.8) is 0 Å². The van der Waals surface area contributed by atoms with Crippen molar-refractivity contribution in [3.05, 3.63) is 0 Å². The van der Waals surface area contributed by atoms with Crippen molar-refractivity contribution in [1.82, 2.24) is 5.32 Å². The Balaban J connectivity index is 1.58. The topological polar surface area (TPSA) is 46.2 Å². The van der Waals surface area contributed by atoms with E-state index in [-0.39, 0.29) is 5.25 Å². The summed E-state index contributed by atoms with van der Waals surface area (Å²) in [4.78, 5) is 0. The molecule has 0 saturated heterocycles. The lowest BCUT2D eigenvalue weighted by Gasteiger charge is -2.57. The Kier molecular flexibility index (Phi) is 3.45. The van der Waals surface area contributed by atoms with Gasteiger partial charge >= 0.3 is 0 Å². The first-order chi connectivity index (χ1) is 8.89. The molecule has 0 aromatic carbocycles. The summed E-state index contributed by atoms with van der Waals surface area (Å²) in [6, 6.07) is 0. The van der Waals surface area contributed by atoms with E-state index in [1.807, 2.05) is 0 Å². The van der Waals surface area contributed by atoms with E-state index >= 15 is 0 Å². The van der Waals surface area contributed by atoms with Crippen LogP contribution in [0.15, 0.2) is 0 Å². The lowest BCUT2D eigenvalue weighted by molar-refractivity contribution is -0.0186. The van der Waals surface area contributed by atoms with E-state index in [0.29, 0.717) is 17.8 Å². The summed E-state index contributed by atoms with van der Waals surface area (Å²) in [6.07, 6.45) is 8.18. The molecule has 110 valence electrons. The molecule has 0 aromatic heterocycles. The average molecular weight is 285 g/mol. The first-order valence-electron chi connectivity index (χ1n) is 7.85. The van der Waals surface area contributed by atoms with E-state index < -0.39 is 9.84 Å². The van der Waals surface area contributed by atoms with Gasteiger partial charge in [0.1, 0.15) is 0 Å². The molecule has 4 fully saturated rings. The zero-order valence-electron chi connectivity index (χ0n) is 12.2. The highest BCUT2D eigenvalue weighted by Crippen LogP contribution is 2.55. The number of sulfone groups is 1. The molecule has 0 atom stereocenters. The molecule has 0 unspecified atom stereocenters. The van der Waals surface area contributed by atoms with Gasteiger partial charge in [-0.3, -0.25) is 0 Å². The molecule has 4 rings (SSSR count). The molecule has 3 nitrogen and oxygen atoms in total. The lowest BCUT2D eigenvalue weighted by Crippen LogP contribution is -2.59. The molecule has 4 heteroatoms. The summed E-state index contributed by atoms with van der Waals surface area (Å²) < 4.78 is 23.8. The van der Waals surface area contributed by atoms with Crippen LogP contribution in [0.5, 0.6) is 0 Å². The summed E-state index contributed by atoms with van der Waals surface area (Å²) in [5.41, 5.74) is 0.293. The first-order valence-corrected chi connectivity index (χ1v) is 9.57. The molecule has 0 radical (unpaired) electrons. The molecule has 4 saturated carbocycles. The quantitative estimate of drug-likeness (QED) is 0.843. The SMILES string of the molecule is CC(C)S(=O)(=O)CCNC12CC3CC(CC(C3)C1)C2. The maximum Gasteiger partial charge on any atom is 0.153 e. The Morgan fingerprint density at radius 3 is 1.95 bits per heavy atom. The Hall–Kier alpha value is -0.0900. The zero-order chi connectivity index (χ0) is 13.7. The molecule has 0 amide bonds. The molecule has 0 aromatic rings. The second-order valence-corrected chi connectivity index (χ2v) is 10.2. The molecular formula is C15H27NO2S. The van der Waals surface area contributed by atoms with Gasteiger partial charge in [-0.1, -0.05) is 0 Å². The van der Waals surface area contributed by atoms with Crippen molar-refractivity contribution < 1.29 is 8.42 Å². The van der Waals surface area contributed by atoms with Crippen molar-refractivity contribution >= 4 is 9.84 Å². The van der Waals surface area contributed by atoms with Crippen LogP contribution in [0.4, 0.5) is 0 Å². The molecule has 4 bridgehead atoms. The maximum atomic E-state index is 11.9. The van der Waals surface area contributed by atoms with Crippen LogP contribution in [-0.4, -0.2) is 31.5 Å². The van der Waals surface area contributed by atoms with E-state index in [0.717, 1.165) is 17.8 Å². The highest BCUT2D eigenvalue weighted by molar-refractivity contribution is 7.92. The summed E-state index contributed by atoms with van der Waals surface area (Å²) in [5.74, 6) is 3.05.